The molecule has 1 aliphatic rings. The first-order valence-electron chi connectivity index (χ1n) is 6.70. The zero-order valence-corrected chi connectivity index (χ0v) is 11.6. The second kappa shape index (κ2) is 5.83. The Balaban J connectivity index is 2.21. The molecule has 1 fully saturated rings. The molecule has 1 N–H and O–H groups in total. The smallest absolute Gasteiger partial charge is 0.0590 e. The van der Waals surface area contributed by atoms with Crippen molar-refractivity contribution in [3.8, 4) is 0 Å². The number of methoxy groups -OCH3 is 1. The molecular weight excluding hydrogens is 224 g/mol. The van der Waals surface area contributed by atoms with Crippen LogP contribution in [-0.4, -0.2) is 44.3 Å². The molecule has 1 heterocycles. The van der Waals surface area contributed by atoms with Crippen LogP contribution in [0.4, 0.5) is 0 Å². The van der Waals surface area contributed by atoms with Crippen LogP contribution in [0.15, 0.2) is 30.3 Å². The number of piperazine rings is 1. The SMILES string of the molecule is COCCN1CC(C)NCC1(C)c1ccccc1. The van der Waals surface area contributed by atoms with Gasteiger partial charge in [-0.3, -0.25) is 4.90 Å². The third-order valence-corrected chi connectivity index (χ3v) is 3.95. The normalized spacial score (nSPS) is 29.4. The molecule has 0 spiro atoms. The Morgan fingerprint density at radius 2 is 2.11 bits per heavy atom. The summed E-state index contributed by atoms with van der Waals surface area (Å²) in [4.78, 5) is 2.53. The van der Waals surface area contributed by atoms with E-state index in [-0.39, 0.29) is 5.54 Å². The van der Waals surface area contributed by atoms with Crippen LogP contribution in [0.2, 0.25) is 0 Å². The molecule has 0 saturated carbocycles. The minimum Gasteiger partial charge on any atom is -0.383 e. The van der Waals surface area contributed by atoms with Gasteiger partial charge in [-0.25, -0.2) is 0 Å². The average molecular weight is 248 g/mol. The van der Waals surface area contributed by atoms with E-state index >= 15 is 0 Å². The van der Waals surface area contributed by atoms with E-state index in [9.17, 15) is 0 Å². The number of hydrogen-bond acceptors (Lipinski definition) is 3. The first-order valence-corrected chi connectivity index (χ1v) is 6.70. The van der Waals surface area contributed by atoms with E-state index in [1.807, 2.05) is 0 Å². The maximum atomic E-state index is 5.25. The number of benzene rings is 1. The minimum atomic E-state index is 0.0618. The standard InChI is InChI=1S/C15H24N2O/c1-13-11-17(9-10-18-3)15(2,12-16-13)14-7-5-4-6-8-14/h4-8,13,16H,9-12H2,1-3H3. The summed E-state index contributed by atoms with van der Waals surface area (Å²) in [5.74, 6) is 0. The van der Waals surface area contributed by atoms with Crippen LogP contribution < -0.4 is 5.32 Å². The topological polar surface area (TPSA) is 24.5 Å². The molecule has 3 nitrogen and oxygen atoms in total. The van der Waals surface area contributed by atoms with Crippen LogP contribution in [-0.2, 0) is 10.3 Å². The molecular formula is C15H24N2O. The molecule has 18 heavy (non-hydrogen) atoms. The van der Waals surface area contributed by atoms with Crippen molar-refractivity contribution in [2.24, 2.45) is 0 Å². The highest BCUT2D eigenvalue weighted by atomic mass is 16.5. The molecule has 0 amide bonds. The number of hydrogen-bond donors (Lipinski definition) is 1. The largest absolute Gasteiger partial charge is 0.383 e. The number of nitrogens with one attached hydrogen (secondary N) is 1. The molecule has 1 aliphatic heterocycles. The molecule has 2 unspecified atom stereocenters. The zero-order valence-electron chi connectivity index (χ0n) is 11.6. The highest BCUT2D eigenvalue weighted by molar-refractivity contribution is 5.25. The second-order valence-electron chi connectivity index (χ2n) is 5.36. The summed E-state index contributed by atoms with van der Waals surface area (Å²) >= 11 is 0. The number of rotatable bonds is 4. The van der Waals surface area contributed by atoms with Gasteiger partial charge in [0, 0.05) is 32.8 Å². The predicted molar refractivity (Wildman–Crippen MR) is 74.7 cm³/mol. The summed E-state index contributed by atoms with van der Waals surface area (Å²) in [6.45, 7) is 8.38. The van der Waals surface area contributed by atoms with Crippen LogP contribution in [0.1, 0.15) is 19.4 Å². The van der Waals surface area contributed by atoms with Gasteiger partial charge >= 0.3 is 0 Å². The van der Waals surface area contributed by atoms with Crippen molar-refractivity contribution in [1.82, 2.24) is 10.2 Å². The third kappa shape index (κ3) is 2.74. The van der Waals surface area contributed by atoms with E-state index in [4.69, 9.17) is 4.74 Å². The van der Waals surface area contributed by atoms with Crippen molar-refractivity contribution in [2.75, 3.05) is 33.4 Å². The lowest BCUT2D eigenvalue weighted by Crippen LogP contribution is -2.61. The van der Waals surface area contributed by atoms with Crippen LogP contribution in [0.5, 0.6) is 0 Å². The molecule has 0 radical (unpaired) electrons. The molecule has 1 aromatic rings. The van der Waals surface area contributed by atoms with E-state index in [0.717, 1.165) is 26.2 Å². The van der Waals surface area contributed by atoms with Gasteiger partial charge in [0.15, 0.2) is 0 Å². The molecule has 100 valence electrons. The molecule has 2 rings (SSSR count). The third-order valence-electron chi connectivity index (χ3n) is 3.95. The lowest BCUT2D eigenvalue weighted by Gasteiger charge is -2.48. The van der Waals surface area contributed by atoms with Gasteiger partial charge in [0.05, 0.1) is 12.1 Å². The summed E-state index contributed by atoms with van der Waals surface area (Å²) in [7, 11) is 1.77. The molecule has 3 heteroatoms. The van der Waals surface area contributed by atoms with E-state index in [1.165, 1.54) is 5.56 Å². The van der Waals surface area contributed by atoms with Gasteiger partial charge in [-0.05, 0) is 19.4 Å². The van der Waals surface area contributed by atoms with Crippen molar-refractivity contribution in [1.29, 1.82) is 0 Å². The number of nitrogens with zero attached hydrogens (tertiary/aromatic N) is 1. The Morgan fingerprint density at radius 1 is 1.39 bits per heavy atom. The zero-order chi connectivity index (χ0) is 13.0. The van der Waals surface area contributed by atoms with Gasteiger partial charge in [0.1, 0.15) is 0 Å². The van der Waals surface area contributed by atoms with Gasteiger partial charge in [0.25, 0.3) is 0 Å². The van der Waals surface area contributed by atoms with Crippen molar-refractivity contribution >= 4 is 0 Å². The summed E-state index contributed by atoms with van der Waals surface area (Å²) in [6, 6.07) is 11.3. The highest BCUT2D eigenvalue weighted by Gasteiger charge is 2.37. The van der Waals surface area contributed by atoms with Crippen molar-refractivity contribution in [3.05, 3.63) is 35.9 Å². The molecule has 0 bridgehead atoms. The van der Waals surface area contributed by atoms with Gasteiger partial charge in [-0.2, -0.15) is 0 Å². The molecule has 1 saturated heterocycles. The van der Waals surface area contributed by atoms with Gasteiger partial charge < -0.3 is 10.1 Å². The van der Waals surface area contributed by atoms with Crippen molar-refractivity contribution in [3.63, 3.8) is 0 Å². The Bertz CT molecular complexity index is 368. The first-order chi connectivity index (χ1) is 8.66. The van der Waals surface area contributed by atoms with Crippen LogP contribution in [0.3, 0.4) is 0 Å². The first kappa shape index (κ1) is 13.5. The van der Waals surface area contributed by atoms with Crippen LogP contribution in [0, 0.1) is 0 Å². The minimum absolute atomic E-state index is 0.0618. The van der Waals surface area contributed by atoms with E-state index in [0.29, 0.717) is 6.04 Å². The summed E-state index contributed by atoms with van der Waals surface area (Å²) < 4.78 is 5.25. The Morgan fingerprint density at radius 3 is 2.78 bits per heavy atom. The maximum Gasteiger partial charge on any atom is 0.0590 e. The van der Waals surface area contributed by atoms with E-state index < -0.39 is 0 Å². The molecule has 0 aromatic heterocycles. The van der Waals surface area contributed by atoms with Crippen LogP contribution in [0.25, 0.3) is 0 Å². The average Bonchev–Trinajstić information content (AvgIpc) is 2.41. The molecule has 2 atom stereocenters. The maximum absolute atomic E-state index is 5.25. The Labute approximate surface area is 110 Å². The fraction of sp³-hybridized carbons (Fsp3) is 0.600. The summed E-state index contributed by atoms with van der Waals surface area (Å²) in [6.07, 6.45) is 0. The van der Waals surface area contributed by atoms with Crippen molar-refractivity contribution < 1.29 is 4.74 Å². The highest BCUT2D eigenvalue weighted by Crippen LogP contribution is 2.30. The number of ether oxygens (including phenoxy) is 1. The lowest BCUT2D eigenvalue weighted by molar-refractivity contribution is 0.0295. The fourth-order valence-corrected chi connectivity index (χ4v) is 2.70. The predicted octanol–water partition coefficient (Wildman–Crippen LogP) is 1.84. The fourth-order valence-electron chi connectivity index (χ4n) is 2.70. The van der Waals surface area contributed by atoms with Gasteiger partial charge in [-0.15, -0.1) is 0 Å². The van der Waals surface area contributed by atoms with Gasteiger partial charge in [-0.1, -0.05) is 30.3 Å². The quantitative estimate of drug-likeness (QED) is 0.880. The molecule has 0 aliphatic carbocycles. The Kier molecular flexibility index (Phi) is 4.38. The Hall–Kier alpha value is -0.900. The summed E-state index contributed by atoms with van der Waals surface area (Å²) in [5, 5.41) is 3.59. The van der Waals surface area contributed by atoms with E-state index in [2.05, 4.69) is 54.4 Å². The van der Waals surface area contributed by atoms with Crippen molar-refractivity contribution in [2.45, 2.75) is 25.4 Å². The monoisotopic (exact) mass is 248 g/mol. The second-order valence-corrected chi connectivity index (χ2v) is 5.36. The lowest BCUT2D eigenvalue weighted by atomic mass is 9.87. The summed E-state index contributed by atoms with van der Waals surface area (Å²) in [5.41, 5.74) is 1.44. The molecule has 1 aromatic carbocycles. The van der Waals surface area contributed by atoms with Gasteiger partial charge in [0.2, 0.25) is 0 Å². The van der Waals surface area contributed by atoms with Crippen LogP contribution >= 0.6 is 0 Å². The van der Waals surface area contributed by atoms with E-state index in [1.54, 1.807) is 7.11 Å².